The van der Waals surface area contributed by atoms with Crippen molar-refractivity contribution in [2.45, 2.75) is 31.1 Å². The summed E-state index contributed by atoms with van der Waals surface area (Å²) in [6.07, 6.45) is 4.79. The number of rotatable bonds is 5. The van der Waals surface area contributed by atoms with Crippen LogP contribution in [0.2, 0.25) is 0 Å². The number of nitrogens with one attached hydrogen (secondary N) is 1. The minimum Gasteiger partial charge on any atom is -0.469 e. The Labute approximate surface area is 176 Å². The minimum atomic E-state index is -3.66. The van der Waals surface area contributed by atoms with E-state index in [1.165, 1.54) is 17.0 Å². The molecule has 0 unspecified atom stereocenters. The number of carbonyl (C=O) groups is 1. The number of amides is 1. The van der Waals surface area contributed by atoms with Crippen molar-refractivity contribution in [1.82, 2.24) is 4.31 Å². The average Bonchev–Trinajstić information content (AvgIpc) is 3.21. The highest BCUT2D eigenvalue weighted by Crippen LogP contribution is 2.32. The number of hydrogen-bond acceptors (Lipinski definition) is 6. The van der Waals surface area contributed by atoms with Crippen molar-refractivity contribution in [3.05, 3.63) is 41.9 Å². The average molecular weight is 434 g/mol. The fourth-order valence-corrected chi connectivity index (χ4v) is 5.37. The topological polar surface area (TPSA) is 92.1 Å². The normalized spacial score (nSPS) is 18.4. The Morgan fingerprint density at radius 3 is 2.43 bits per heavy atom. The first-order chi connectivity index (χ1) is 14.5. The van der Waals surface area contributed by atoms with Crippen LogP contribution >= 0.6 is 0 Å². The zero-order chi connectivity index (χ0) is 21.1. The lowest BCUT2D eigenvalue weighted by Gasteiger charge is -2.31. The first kappa shape index (κ1) is 20.9. The van der Waals surface area contributed by atoms with Crippen molar-refractivity contribution in [3.63, 3.8) is 0 Å². The van der Waals surface area contributed by atoms with Crippen LogP contribution in [-0.2, 0) is 14.8 Å². The number of aryl methyl sites for hydroxylation is 1. The van der Waals surface area contributed by atoms with Crippen LogP contribution in [0.5, 0.6) is 0 Å². The summed E-state index contributed by atoms with van der Waals surface area (Å²) in [5, 5.41) is 2.92. The van der Waals surface area contributed by atoms with Gasteiger partial charge >= 0.3 is 0 Å². The molecule has 0 saturated carbocycles. The Hall–Kier alpha value is -2.36. The van der Waals surface area contributed by atoms with Crippen LogP contribution in [-0.4, -0.2) is 58.0 Å². The molecule has 162 valence electrons. The van der Waals surface area contributed by atoms with E-state index in [4.69, 9.17) is 9.15 Å². The highest BCUT2D eigenvalue weighted by molar-refractivity contribution is 7.89. The maximum atomic E-state index is 13.1. The molecule has 30 heavy (non-hydrogen) atoms. The SMILES string of the molecule is Cc1occc1C(=O)Nc1cc(S(=O)(=O)N2CCOCC2)ccc1N1CCCCC1. The molecule has 1 amide bonds. The van der Waals surface area contributed by atoms with Crippen molar-refractivity contribution in [1.29, 1.82) is 0 Å². The summed E-state index contributed by atoms with van der Waals surface area (Å²) in [5.74, 6) is 0.199. The van der Waals surface area contributed by atoms with Crippen LogP contribution < -0.4 is 10.2 Å². The van der Waals surface area contributed by atoms with Crippen LogP contribution in [0.3, 0.4) is 0 Å². The van der Waals surface area contributed by atoms with Gasteiger partial charge in [-0.05, 0) is 50.5 Å². The third kappa shape index (κ3) is 4.23. The predicted molar refractivity (Wildman–Crippen MR) is 113 cm³/mol. The molecule has 0 radical (unpaired) electrons. The molecule has 2 fully saturated rings. The number of ether oxygens (including phenoxy) is 1. The summed E-state index contributed by atoms with van der Waals surface area (Å²) in [5.41, 5.74) is 1.77. The smallest absolute Gasteiger partial charge is 0.259 e. The Bertz CT molecular complexity index is 1010. The highest BCUT2D eigenvalue weighted by atomic mass is 32.2. The van der Waals surface area contributed by atoms with Gasteiger partial charge in [-0.15, -0.1) is 0 Å². The molecule has 2 saturated heterocycles. The summed E-state index contributed by atoms with van der Waals surface area (Å²) in [4.78, 5) is 15.2. The first-order valence-corrected chi connectivity index (χ1v) is 11.7. The van der Waals surface area contributed by atoms with Gasteiger partial charge in [-0.1, -0.05) is 0 Å². The van der Waals surface area contributed by atoms with Gasteiger partial charge in [0.05, 0.1) is 41.3 Å². The molecule has 0 bridgehead atoms. The van der Waals surface area contributed by atoms with Crippen molar-refractivity contribution in [2.24, 2.45) is 0 Å². The van der Waals surface area contributed by atoms with E-state index >= 15 is 0 Å². The Morgan fingerprint density at radius 2 is 1.77 bits per heavy atom. The van der Waals surface area contributed by atoms with Gasteiger partial charge in [-0.3, -0.25) is 4.79 Å². The van der Waals surface area contributed by atoms with E-state index in [9.17, 15) is 13.2 Å². The monoisotopic (exact) mass is 433 g/mol. The summed E-state index contributed by atoms with van der Waals surface area (Å²) in [7, 11) is -3.66. The molecule has 1 aromatic carbocycles. The van der Waals surface area contributed by atoms with E-state index in [1.807, 2.05) is 0 Å². The second kappa shape index (κ2) is 8.79. The van der Waals surface area contributed by atoms with E-state index in [0.29, 0.717) is 43.3 Å². The second-order valence-corrected chi connectivity index (χ2v) is 9.53. The fraction of sp³-hybridized carbons (Fsp3) is 0.476. The zero-order valence-electron chi connectivity index (χ0n) is 17.1. The number of piperidine rings is 1. The lowest BCUT2D eigenvalue weighted by molar-refractivity contribution is 0.0730. The van der Waals surface area contributed by atoms with Crippen molar-refractivity contribution >= 4 is 27.3 Å². The Balaban J connectivity index is 1.69. The molecule has 2 aliphatic rings. The molecule has 3 heterocycles. The van der Waals surface area contributed by atoms with E-state index < -0.39 is 10.0 Å². The number of sulfonamides is 1. The Morgan fingerprint density at radius 1 is 1.03 bits per heavy atom. The molecule has 2 aromatic rings. The number of benzene rings is 1. The van der Waals surface area contributed by atoms with Gasteiger partial charge in [0.2, 0.25) is 10.0 Å². The fourth-order valence-electron chi connectivity index (χ4n) is 3.93. The third-order valence-electron chi connectivity index (χ3n) is 5.62. The van der Waals surface area contributed by atoms with Crippen LogP contribution in [0.4, 0.5) is 11.4 Å². The lowest BCUT2D eigenvalue weighted by Crippen LogP contribution is -2.40. The molecule has 0 aliphatic carbocycles. The molecule has 8 nitrogen and oxygen atoms in total. The summed E-state index contributed by atoms with van der Waals surface area (Å²) < 4.78 is 38.2. The summed E-state index contributed by atoms with van der Waals surface area (Å²) in [6.45, 7) is 4.90. The molecule has 1 aromatic heterocycles. The maximum Gasteiger partial charge on any atom is 0.259 e. The molecule has 0 atom stereocenters. The second-order valence-electron chi connectivity index (χ2n) is 7.59. The van der Waals surface area contributed by atoms with Gasteiger partial charge in [0.25, 0.3) is 5.91 Å². The van der Waals surface area contributed by atoms with E-state index in [0.717, 1.165) is 31.6 Å². The molecular formula is C21H27N3O5S. The first-order valence-electron chi connectivity index (χ1n) is 10.3. The molecule has 0 spiro atoms. The number of carbonyl (C=O) groups excluding carboxylic acids is 1. The van der Waals surface area contributed by atoms with Crippen LogP contribution in [0.1, 0.15) is 35.4 Å². The van der Waals surface area contributed by atoms with Gasteiger partial charge in [-0.2, -0.15) is 4.31 Å². The number of morpholine rings is 1. The van der Waals surface area contributed by atoms with Crippen LogP contribution in [0.15, 0.2) is 39.8 Å². The third-order valence-corrected chi connectivity index (χ3v) is 7.52. The largest absolute Gasteiger partial charge is 0.469 e. The van der Waals surface area contributed by atoms with E-state index in [1.54, 1.807) is 31.2 Å². The zero-order valence-corrected chi connectivity index (χ0v) is 17.9. The van der Waals surface area contributed by atoms with Gasteiger partial charge in [-0.25, -0.2) is 8.42 Å². The number of furan rings is 1. The molecular weight excluding hydrogens is 406 g/mol. The number of anilines is 2. The van der Waals surface area contributed by atoms with Gasteiger partial charge in [0, 0.05) is 26.2 Å². The van der Waals surface area contributed by atoms with E-state index in [-0.39, 0.29) is 10.8 Å². The van der Waals surface area contributed by atoms with Gasteiger partial charge < -0.3 is 19.4 Å². The van der Waals surface area contributed by atoms with Crippen molar-refractivity contribution in [2.75, 3.05) is 49.6 Å². The number of hydrogen-bond donors (Lipinski definition) is 1. The molecule has 9 heteroatoms. The summed E-state index contributed by atoms with van der Waals surface area (Å²) in [6, 6.07) is 6.62. The number of nitrogens with zero attached hydrogens (tertiary/aromatic N) is 2. The quantitative estimate of drug-likeness (QED) is 0.780. The maximum absolute atomic E-state index is 13.1. The van der Waals surface area contributed by atoms with Crippen LogP contribution in [0, 0.1) is 6.92 Å². The summed E-state index contributed by atoms with van der Waals surface area (Å²) >= 11 is 0. The van der Waals surface area contributed by atoms with Gasteiger partial charge in [0.1, 0.15) is 5.76 Å². The van der Waals surface area contributed by atoms with Crippen molar-refractivity contribution < 1.29 is 22.4 Å². The lowest BCUT2D eigenvalue weighted by atomic mass is 10.1. The standard InChI is InChI=1S/C21H27N3O5S/c1-16-18(7-12-29-16)21(25)22-19-15-17(30(26,27)24-10-13-28-14-11-24)5-6-20(19)23-8-3-2-4-9-23/h5-7,12,15H,2-4,8-11,13-14H2,1H3,(H,22,25). The molecule has 4 rings (SSSR count). The van der Waals surface area contributed by atoms with E-state index in [2.05, 4.69) is 10.2 Å². The van der Waals surface area contributed by atoms with Crippen molar-refractivity contribution in [3.8, 4) is 0 Å². The Kier molecular flexibility index (Phi) is 6.12. The van der Waals surface area contributed by atoms with Gasteiger partial charge in [0.15, 0.2) is 0 Å². The predicted octanol–water partition coefficient (Wildman–Crippen LogP) is 2.85. The molecule has 1 N–H and O–H groups in total. The minimum absolute atomic E-state index is 0.171. The van der Waals surface area contributed by atoms with Crippen LogP contribution in [0.25, 0.3) is 0 Å². The highest BCUT2D eigenvalue weighted by Gasteiger charge is 2.28. The molecule has 2 aliphatic heterocycles.